The van der Waals surface area contributed by atoms with Gasteiger partial charge in [-0.05, 0) is 18.6 Å². The number of halogens is 3. The number of carbonyl (C=O) groups is 1. The van der Waals surface area contributed by atoms with Crippen LogP contribution in [0.15, 0.2) is 24.3 Å². The number of alkyl halides is 3. The zero-order valence-electron chi connectivity index (χ0n) is 10.4. The average molecular weight is 291 g/mol. The summed E-state index contributed by atoms with van der Waals surface area (Å²) in [5.41, 5.74) is -1.55. The van der Waals surface area contributed by atoms with Gasteiger partial charge in [-0.25, -0.2) is 0 Å². The van der Waals surface area contributed by atoms with Crippen LogP contribution < -0.4 is 0 Å². The molecule has 1 aromatic carbocycles. The van der Waals surface area contributed by atoms with Crippen molar-refractivity contribution in [3.05, 3.63) is 45.5 Å². The summed E-state index contributed by atoms with van der Waals surface area (Å²) in [5.74, 6) is -2.37. The van der Waals surface area contributed by atoms with E-state index in [0.717, 1.165) is 25.1 Å². The Morgan fingerprint density at radius 2 is 1.95 bits per heavy atom. The number of Topliss-reactive ketones (excluding diaryl/α,β-unsaturated/α-hetero) is 1. The summed E-state index contributed by atoms with van der Waals surface area (Å²) in [6.45, 7) is 0.00164. The van der Waals surface area contributed by atoms with Crippen molar-refractivity contribution in [3.8, 4) is 0 Å². The summed E-state index contributed by atoms with van der Waals surface area (Å²) in [6, 6.07) is 4.19. The van der Waals surface area contributed by atoms with E-state index < -0.39 is 46.6 Å². The predicted molar refractivity (Wildman–Crippen MR) is 62.7 cm³/mol. The number of carbonyl (C=O) groups excluding carboxylic acids is 1. The highest BCUT2D eigenvalue weighted by Gasteiger charge is 2.39. The van der Waals surface area contributed by atoms with Crippen LogP contribution in [0, 0.1) is 10.1 Å². The molecule has 1 N–H and O–H groups in total. The third-order valence-electron chi connectivity index (χ3n) is 2.81. The minimum Gasteiger partial charge on any atom is -0.384 e. The summed E-state index contributed by atoms with van der Waals surface area (Å²) < 4.78 is 38.6. The van der Waals surface area contributed by atoms with Crippen molar-refractivity contribution >= 4 is 5.78 Å². The molecule has 0 radical (unpaired) electrons. The summed E-state index contributed by atoms with van der Waals surface area (Å²) >= 11 is 0. The van der Waals surface area contributed by atoms with Gasteiger partial charge < -0.3 is 5.11 Å². The van der Waals surface area contributed by atoms with Gasteiger partial charge in [0.25, 0.3) is 0 Å². The molecule has 0 aliphatic carbocycles. The van der Waals surface area contributed by atoms with Gasteiger partial charge in [-0.15, -0.1) is 0 Å². The molecule has 1 aromatic rings. The van der Waals surface area contributed by atoms with Crippen molar-refractivity contribution in [1.29, 1.82) is 0 Å². The Morgan fingerprint density at radius 1 is 1.40 bits per heavy atom. The molecule has 2 atom stereocenters. The number of aliphatic hydroxyl groups is 1. The van der Waals surface area contributed by atoms with Crippen LogP contribution in [-0.2, 0) is 11.0 Å². The van der Waals surface area contributed by atoms with E-state index >= 15 is 0 Å². The van der Waals surface area contributed by atoms with Crippen LogP contribution in [0.1, 0.15) is 24.0 Å². The fraction of sp³-hybridized carbons (Fsp3) is 0.417. The molecule has 8 heteroatoms. The maximum atomic E-state index is 12.9. The van der Waals surface area contributed by atoms with Gasteiger partial charge in [0.05, 0.1) is 11.5 Å². The first-order valence-corrected chi connectivity index (χ1v) is 5.61. The molecule has 0 fully saturated rings. The fourth-order valence-electron chi connectivity index (χ4n) is 1.89. The third-order valence-corrected chi connectivity index (χ3v) is 2.81. The maximum Gasteiger partial charge on any atom is 0.416 e. The average Bonchev–Trinajstić information content (AvgIpc) is 2.33. The third kappa shape index (κ3) is 3.77. The highest BCUT2D eigenvalue weighted by Crippen LogP contribution is 2.36. The van der Waals surface area contributed by atoms with Crippen molar-refractivity contribution in [2.45, 2.75) is 25.1 Å². The fourth-order valence-corrected chi connectivity index (χ4v) is 1.89. The van der Waals surface area contributed by atoms with E-state index in [1.807, 2.05) is 0 Å². The smallest absolute Gasteiger partial charge is 0.384 e. The Labute approximate surface area is 112 Å². The first-order chi connectivity index (χ1) is 9.14. The first kappa shape index (κ1) is 16.1. The van der Waals surface area contributed by atoms with E-state index in [1.54, 1.807) is 0 Å². The molecule has 20 heavy (non-hydrogen) atoms. The van der Waals surface area contributed by atoms with Crippen LogP contribution in [0.4, 0.5) is 13.2 Å². The molecule has 0 unspecified atom stereocenters. The van der Waals surface area contributed by atoms with Gasteiger partial charge in [0.15, 0.2) is 5.78 Å². The van der Waals surface area contributed by atoms with Gasteiger partial charge in [0.2, 0.25) is 6.54 Å². The number of ketones is 1. The van der Waals surface area contributed by atoms with Crippen LogP contribution in [-0.4, -0.2) is 28.5 Å². The van der Waals surface area contributed by atoms with Gasteiger partial charge in [0, 0.05) is 4.92 Å². The predicted octanol–water partition coefficient (Wildman–Crippen LogP) is 2.02. The van der Waals surface area contributed by atoms with Crippen molar-refractivity contribution in [2.24, 2.45) is 0 Å². The van der Waals surface area contributed by atoms with Crippen LogP contribution >= 0.6 is 0 Å². The normalized spacial score (nSPS) is 14.7. The van der Waals surface area contributed by atoms with E-state index in [9.17, 15) is 33.2 Å². The molecule has 0 amide bonds. The number of aliphatic hydroxyl groups excluding tert-OH is 1. The molecule has 0 aliphatic rings. The number of rotatable bonds is 5. The second-order valence-electron chi connectivity index (χ2n) is 4.26. The highest BCUT2D eigenvalue weighted by atomic mass is 19.4. The Morgan fingerprint density at radius 3 is 2.40 bits per heavy atom. The van der Waals surface area contributed by atoms with Gasteiger partial charge >= 0.3 is 6.18 Å². The molecule has 0 aromatic heterocycles. The van der Waals surface area contributed by atoms with Crippen LogP contribution in [0.5, 0.6) is 0 Å². The minimum atomic E-state index is -4.72. The lowest BCUT2D eigenvalue weighted by molar-refractivity contribution is -0.484. The second kappa shape index (κ2) is 6.00. The largest absolute Gasteiger partial charge is 0.416 e. The Bertz CT molecular complexity index is 516. The van der Waals surface area contributed by atoms with E-state index in [1.165, 1.54) is 6.07 Å². The van der Waals surface area contributed by atoms with Gasteiger partial charge in [0.1, 0.15) is 6.10 Å². The standard InChI is InChI=1S/C12H12F3NO4/c1-7(17)11(18)9(6-16(19)20)8-4-2-3-5-10(8)12(13,14)15/h2-5,9,11,18H,6H2,1H3/t9-,11-/m0/s1. The quantitative estimate of drug-likeness (QED) is 0.664. The Hall–Kier alpha value is -1.96. The van der Waals surface area contributed by atoms with E-state index in [2.05, 4.69) is 0 Å². The van der Waals surface area contributed by atoms with Crippen LogP contribution in [0.2, 0.25) is 0 Å². The number of benzene rings is 1. The van der Waals surface area contributed by atoms with Crippen LogP contribution in [0.25, 0.3) is 0 Å². The van der Waals surface area contributed by atoms with Crippen molar-refractivity contribution in [2.75, 3.05) is 6.54 Å². The molecular weight excluding hydrogens is 279 g/mol. The molecule has 1 rings (SSSR count). The summed E-state index contributed by atoms with van der Waals surface area (Å²) in [4.78, 5) is 20.9. The lowest BCUT2D eigenvalue weighted by Gasteiger charge is -2.21. The first-order valence-electron chi connectivity index (χ1n) is 5.61. The van der Waals surface area contributed by atoms with E-state index in [0.29, 0.717) is 0 Å². The molecular formula is C12H12F3NO4. The molecule has 0 aliphatic heterocycles. The summed E-state index contributed by atoms with van der Waals surface area (Å²) in [6.07, 6.45) is -6.58. The van der Waals surface area contributed by atoms with E-state index in [4.69, 9.17) is 0 Å². The Balaban J connectivity index is 3.34. The summed E-state index contributed by atoms with van der Waals surface area (Å²) in [5, 5.41) is 20.2. The Kier molecular flexibility index (Phi) is 4.83. The zero-order chi connectivity index (χ0) is 15.5. The molecule has 110 valence electrons. The van der Waals surface area contributed by atoms with Crippen molar-refractivity contribution < 1.29 is 28.0 Å². The monoisotopic (exact) mass is 291 g/mol. The lowest BCUT2D eigenvalue weighted by Crippen LogP contribution is -2.32. The zero-order valence-corrected chi connectivity index (χ0v) is 10.4. The molecule has 0 saturated heterocycles. The van der Waals surface area contributed by atoms with E-state index in [-0.39, 0.29) is 0 Å². The molecule has 0 saturated carbocycles. The SMILES string of the molecule is CC(=O)[C@H](O)[C@@H](C[N+](=O)[O-])c1ccccc1C(F)(F)F. The van der Waals surface area contributed by atoms with Crippen molar-refractivity contribution in [1.82, 2.24) is 0 Å². The topological polar surface area (TPSA) is 80.4 Å². The van der Waals surface area contributed by atoms with Gasteiger partial charge in [-0.1, -0.05) is 18.2 Å². The second-order valence-corrected chi connectivity index (χ2v) is 4.26. The lowest BCUT2D eigenvalue weighted by atomic mass is 9.88. The molecule has 0 bridgehead atoms. The minimum absolute atomic E-state index is 0.459. The molecule has 0 spiro atoms. The number of hydrogen-bond donors (Lipinski definition) is 1. The number of nitro groups is 1. The maximum absolute atomic E-state index is 12.9. The van der Waals surface area contributed by atoms with Gasteiger partial charge in [-0.3, -0.25) is 14.9 Å². The molecule has 5 nitrogen and oxygen atoms in total. The molecule has 0 heterocycles. The van der Waals surface area contributed by atoms with Crippen molar-refractivity contribution in [3.63, 3.8) is 0 Å². The highest BCUT2D eigenvalue weighted by molar-refractivity contribution is 5.81. The number of nitrogens with zero attached hydrogens (tertiary/aromatic N) is 1. The number of hydrogen-bond acceptors (Lipinski definition) is 4. The van der Waals surface area contributed by atoms with Crippen LogP contribution in [0.3, 0.4) is 0 Å². The summed E-state index contributed by atoms with van der Waals surface area (Å²) in [7, 11) is 0. The van der Waals surface area contributed by atoms with Gasteiger partial charge in [-0.2, -0.15) is 13.2 Å².